The maximum atomic E-state index is 12.3. The molecule has 4 heteroatoms. The summed E-state index contributed by atoms with van der Waals surface area (Å²) in [5, 5.41) is 0. The van der Waals surface area contributed by atoms with Gasteiger partial charge >= 0.3 is 0 Å². The molecule has 1 aliphatic rings. The summed E-state index contributed by atoms with van der Waals surface area (Å²) in [6, 6.07) is 5.86. The van der Waals surface area contributed by atoms with Crippen molar-refractivity contribution in [3.63, 3.8) is 0 Å². The number of nitrogens with zero attached hydrogens (tertiary/aromatic N) is 1. The summed E-state index contributed by atoms with van der Waals surface area (Å²) in [5.41, 5.74) is 7.97. The van der Waals surface area contributed by atoms with Crippen molar-refractivity contribution in [3.05, 3.63) is 28.2 Å². The highest BCUT2D eigenvalue weighted by atomic mass is 79.9. The molecule has 21 heavy (non-hydrogen) atoms. The van der Waals surface area contributed by atoms with Crippen LogP contribution in [0.15, 0.2) is 22.7 Å². The summed E-state index contributed by atoms with van der Waals surface area (Å²) in [6.45, 7) is 8.30. The van der Waals surface area contributed by atoms with E-state index in [1.54, 1.807) is 0 Å². The topological polar surface area (TPSA) is 46.3 Å². The first kappa shape index (κ1) is 16.3. The van der Waals surface area contributed by atoms with E-state index in [9.17, 15) is 4.79 Å². The molecule has 0 spiro atoms. The predicted molar refractivity (Wildman–Crippen MR) is 90.8 cm³/mol. The maximum absolute atomic E-state index is 12.3. The van der Waals surface area contributed by atoms with E-state index in [0.717, 1.165) is 35.1 Å². The molecule has 1 aliphatic heterocycles. The molecule has 0 bridgehead atoms. The lowest BCUT2D eigenvalue weighted by Crippen LogP contribution is -2.30. The number of hydrogen-bond acceptors (Lipinski definition) is 2. The molecule has 1 aromatic carbocycles. The van der Waals surface area contributed by atoms with Crippen molar-refractivity contribution in [1.29, 1.82) is 0 Å². The molecule has 0 aromatic heterocycles. The Morgan fingerprint density at radius 1 is 1.29 bits per heavy atom. The van der Waals surface area contributed by atoms with E-state index < -0.39 is 0 Å². The van der Waals surface area contributed by atoms with Crippen LogP contribution >= 0.6 is 15.9 Å². The van der Waals surface area contributed by atoms with Crippen LogP contribution in [0.3, 0.4) is 0 Å². The lowest BCUT2D eigenvalue weighted by molar-refractivity contribution is -0.131. The monoisotopic (exact) mass is 352 g/mol. The molecule has 0 radical (unpaired) electrons. The first-order valence-corrected chi connectivity index (χ1v) is 8.38. The fourth-order valence-corrected chi connectivity index (χ4v) is 3.62. The number of hydrogen-bond donors (Lipinski definition) is 1. The molecule has 0 saturated carbocycles. The first-order valence-electron chi connectivity index (χ1n) is 7.58. The van der Waals surface area contributed by atoms with Gasteiger partial charge in [0.05, 0.1) is 0 Å². The molecule has 1 unspecified atom stereocenters. The van der Waals surface area contributed by atoms with Gasteiger partial charge in [0.1, 0.15) is 0 Å². The number of halogens is 1. The Labute approximate surface area is 136 Å². The number of benzene rings is 1. The summed E-state index contributed by atoms with van der Waals surface area (Å²) in [5.74, 6) is 0.874. The second-order valence-electron chi connectivity index (χ2n) is 7.10. The molecule has 2 rings (SSSR count). The second-order valence-corrected chi connectivity index (χ2v) is 8.01. The van der Waals surface area contributed by atoms with Crippen molar-refractivity contribution in [3.8, 4) is 0 Å². The van der Waals surface area contributed by atoms with Crippen LogP contribution in [0, 0.1) is 11.3 Å². The quantitative estimate of drug-likeness (QED) is 0.810. The first-order chi connectivity index (χ1) is 9.75. The molecule has 1 fully saturated rings. The minimum absolute atomic E-state index is 0.264. The highest BCUT2D eigenvalue weighted by molar-refractivity contribution is 9.10. The Balaban J connectivity index is 2.08. The SMILES string of the molecule is CC(C)(C)C1CCC(=O)N(Cc2cc(N)cc(Br)c2)CC1. The molecule has 3 nitrogen and oxygen atoms in total. The van der Waals surface area contributed by atoms with Gasteiger partial charge in [-0.05, 0) is 47.9 Å². The fourth-order valence-electron chi connectivity index (χ4n) is 3.06. The average molecular weight is 353 g/mol. The van der Waals surface area contributed by atoms with Crippen LogP contribution in [-0.4, -0.2) is 17.4 Å². The van der Waals surface area contributed by atoms with Gasteiger partial charge in [0, 0.05) is 29.7 Å². The number of nitrogen functional groups attached to an aromatic ring is 1. The average Bonchev–Trinajstić information content (AvgIpc) is 2.50. The van der Waals surface area contributed by atoms with Crippen molar-refractivity contribution in [2.45, 2.75) is 46.6 Å². The van der Waals surface area contributed by atoms with Crippen LogP contribution < -0.4 is 5.73 Å². The molecule has 1 aromatic rings. The van der Waals surface area contributed by atoms with E-state index in [1.165, 1.54) is 0 Å². The summed E-state index contributed by atoms with van der Waals surface area (Å²) >= 11 is 3.46. The van der Waals surface area contributed by atoms with E-state index in [4.69, 9.17) is 5.73 Å². The molecule has 1 saturated heterocycles. The van der Waals surface area contributed by atoms with Gasteiger partial charge in [-0.3, -0.25) is 4.79 Å². The van der Waals surface area contributed by atoms with Crippen LogP contribution in [0.5, 0.6) is 0 Å². The minimum atomic E-state index is 0.264. The van der Waals surface area contributed by atoms with Gasteiger partial charge in [0.15, 0.2) is 0 Å². The summed E-state index contributed by atoms with van der Waals surface area (Å²) in [7, 11) is 0. The molecule has 1 amide bonds. The highest BCUT2D eigenvalue weighted by Crippen LogP contribution is 2.35. The zero-order valence-corrected chi connectivity index (χ0v) is 14.7. The molecule has 116 valence electrons. The molecule has 2 N–H and O–H groups in total. The maximum Gasteiger partial charge on any atom is 0.222 e. The number of likely N-dealkylation sites (tertiary alicyclic amines) is 1. The molecule has 1 heterocycles. The number of carbonyl (C=O) groups excluding carboxylic acids is 1. The van der Waals surface area contributed by atoms with Crippen molar-refractivity contribution in [2.24, 2.45) is 11.3 Å². The van der Waals surface area contributed by atoms with Gasteiger partial charge in [-0.1, -0.05) is 36.7 Å². The van der Waals surface area contributed by atoms with Crippen LogP contribution in [0.4, 0.5) is 5.69 Å². The third-order valence-electron chi connectivity index (χ3n) is 4.38. The molecular formula is C17H25BrN2O. The Kier molecular flexibility index (Phi) is 4.97. The van der Waals surface area contributed by atoms with Crippen molar-refractivity contribution in [2.75, 3.05) is 12.3 Å². The normalized spacial score (nSPS) is 20.5. The highest BCUT2D eigenvalue weighted by Gasteiger charge is 2.29. The van der Waals surface area contributed by atoms with Gasteiger partial charge in [-0.15, -0.1) is 0 Å². The number of nitrogens with two attached hydrogens (primary N) is 1. The third-order valence-corrected chi connectivity index (χ3v) is 4.84. The van der Waals surface area contributed by atoms with Gasteiger partial charge in [-0.25, -0.2) is 0 Å². The zero-order valence-electron chi connectivity index (χ0n) is 13.2. The van der Waals surface area contributed by atoms with Gasteiger partial charge in [-0.2, -0.15) is 0 Å². The van der Waals surface area contributed by atoms with Gasteiger partial charge < -0.3 is 10.6 Å². The number of carbonyl (C=O) groups is 1. The van der Waals surface area contributed by atoms with Crippen LogP contribution in [0.2, 0.25) is 0 Å². The Hall–Kier alpha value is -1.03. The second kappa shape index (κ2) is 6.39. The van der Waals surface area contributed by atoms with E-state index in [-0.39, 0.29) is 11.3 Å². The number of amides is 1. The van der Waals surface area contributed by atoms with E-state index in [0.29, 0.717) is 18.9 Å². The zero-order chi connectivity index (χ0) is 15.6. The van der Waals surface area contributed by atoms with Crippen molar-refractivity contribution >= 4 is 27.5 Å². The Morgan fingerprint density at radius 2 is 2.00 bits per heavy atom. The smallest absolute Gasteiger partial charge is 0.222 e. The lowest BCUT2D eigenvalue weighted by atomic mass is 9.77. The van der Waals surface area contributed by atoms with E-state index in [2.05, 4.69) is 36.7 Å². The Morgan fingerprint density at radius 3 is 2.62 bits per heavy atom. The van der Waals surface area contributed by atoms with E-state index >= 15 is 0 Å². The summed E-state index contributed by atoms with van der Waals surface area (Å²) in [4.78, 5) is 14.3. The van der Waals surface area contributed by atoms with Gasteiger partial charge in [0.25, 0.3) is 0 Å². The Bertz CT molecular complexity index is 502. The summed E-state index contributed by atoms with van der Waals surface area (Å²) in [6.07, 6.45) is 2.74. The number of anilines is 1. The molecular weight excluding hydrogens is 328 g/mol. The van der Waals surface area contributed by atoms with Crippen LogP contribution in [0.25, 0.3) is 0 Å². The van der Waals surface area contributed by atoms with E-state index in [1.807, 2.05) is 23.1 Å². The molecule has 0 aliphatic carbocycles. The van der Waals surface area contributed by atoms with Crippen LogP contribution in [0.1, 0.15) is 45.6 Å². The largest absolute Gasteiger partial charge is 0.399 e. The fraction of sp³-hybridized carbons (Fsp3) is 0.588. The predicted octanol–water partition coefficient (Wildman–Crippen LogP) is 4.21. The standard InChI is InChI=1S/C17H25BrN2O/c1-17(2,3)13-4-5-16(21)20(7-6-13)11-12-8-14(18)10-15(19)9-12/h8-10,13H,4-7,11,19H2,1-3H3. The third kappa shape index (κ3) is 4.47. The number of rotatable bonds is 2. The minimum Gasteiger partial charge on any atom is -0.399 e. The molecule has 1 atom stereocenters. The lowest BCUT2D eigenvalue weighted by Gasteiger charge is -2.29. The van der Waals surface area contributed by atoms with Crippen molar-refractivity contribution < 1.29 is 4.79 Å². The van der Waals surface area contributed by atoms with Crippen molar-refractivity contribution in [1.82, 2.24) is 4.90 Å². The van der Waals surface area contributed by atoms with Crippen LogP contribution in [-0.2, 0) is 11.3 Å². The summed E-state index contributed by atoms with van der Waals surface area (Å²) < 4.78 is 0.965. The van der Waals surface area contributed by atoms with Gasteiger partial charge in [0.2, 0.25) is 5.91 Å².